The number of nitrogens with zero attached hydrogens (tertiary/aromatic N) is 1. The van der Waals surface area contributed by atoms with Gasteiger partial charge >= 0.3 is 0 Å². The third-order valence-electron chi connectivity index (χ3n) is 5.34. The van der Waals surface area contributed by atoms with Crippen molar-refractivity contribution in [3.63, 3.8) is 0 Å². The van der Waals surface area contributed by atoms with Crippen LogP contribution in [0.2, 0.25) is 0 Å². The van der Waals surface area contributed by atoms with E-state index in [1.54, 1.807) is 0 Å². The number of rotatable bonds is 3. The minimum absolute atomic E-state index is 0.511. The van der Waals surface area contributed by atoms with E-state index in [0.29, 0.717) is 5.41 Å². The van der Waals surface area contributed by atoms with Gasteiger partial charge in [-0.25, -0.2) is 0 Å². The lowest BCUT2D eigenvalue weighted by molar-refractivity contribution is -0.0464. The van der Waals surface area contributed by atoms with E-state index in [0.717, 1.165) is 44.2 Å². The van der Waals surface area contributed by atoms with Crippen LogP contribution in [0.1, 0.15) is 53.4 Å². The molecule has 0 N–H and O–H groups in total. The fourth-order valence-electron chi connectivity index (χ4n) is 4.54. The van der Waals surface area contributed by atoms with Crippen LogP contribution >= 0.6 is 0 Å². The molecule has 2 heteroatoms. The Kier molecular flexibility index (Phi) is 4.71. The zero-order chi connectivity index (χ0) is 13.2. The Labute approximate surface area is 113 Å². The zero-order valence-corrected chi connectivity index (χ0v) is 12.7. The van der Waals surface area contributed by atoms with Gasteiger partial charge in [-0.05, 0) is 30.1 Å². The van der Waals surface area contributed by atoms with E-state index >= 15 is 0 Å². The number of hydrogen-bond acceptors (Lipinski definition) is 2. The van der Waals surface area contributed by atoms with Gasteiger partial charge in [0.1, 0.15) is 0 Å². The van der Waals surface area contributed by atoms with Gasteiger partial charge < -0.3 is 4.74 Å². The smallest absolute Gasteiger partial charge is 0.0594 e. The van der Waals surface area contributed by atoms with Crippen molar-refractivity contribution >= 4 is 0 Å². The first kappa shape index (κ1) is 14.3. The van der Waals surface area contributed by atoms with Crippen molar-refractivity contribution in [2.75, 3.05) is 26.3 Å². The average Bonchev–Trinajstić information content (AvgIpc) is 2.34. The summed E-state index contributed by atoms with van der Waals surface area (Å²) in [6, 6.07) is 0.763. The predicted molar refractivity (Wildman–Crippen MR) is 76.8 cm³/mol. The summed E-state index contributed by atoms with van der Waals surface area (Å²) in [5.74, 6) is 1.73. The first-order valence-electron chi connectivity index (χ1n) is 7.88. The van der Waals surface area contributed by atoms with E-state index in [1.165, 1.54) is 25.7 Å². The molecule has 0 amide bonds. The van der Waals surface area contributed by atoms with Crippen molar-refractivity contribution in [2.24, 2.45) is 17.3 Å². The second-order valence-electron chi connectivity index (χ2n) is 7.01. The standard InChI is InChI=1S/C16H31NO/c1-5-14(17-9-11-18-12-10-17)15-13(2)7-6-8-16(15,3)4/h13-15H,5-12H2,1-4H3. The molecule has 2 aliphatic rings. The van der Waals surface area contributed by atoms with Gasteiger partial charge in [-0.1, -0.05) is 40.5 Å². The molecule has 2 nitrogen and oxygen atoms in total. The lowest BCUT2D eigenvalue weighted by Crippen LogP contribution is -2.53. The summed E-state index contributed by atoms with van der Waals surface area (Å²) in [7, 11) is 0. The van der Waals surface area contributed by atoms with Crippen LogP contribution in [0.4, 0.5) is 0 Å². The van der Waals surface area contributed by atoms with Crippen molar-refractivity contribution in [1.82, 2.24) is 4.90 Å². The Morgan fingerprint density at radius 2 is 1.94 bits per heavy atom. The molecule has 3 atom stereocenters. The largest absolute Gasteiger partial charge is 0.379 e. The van der Waals surface area contributed by atoms with Crippen LogP contribution in [0.15, 0.2) is 0 Å². The molecule has 1 saturated carbocycles. The average molecular weight is 253 g/mol. The summed E-state index contributed by atoms with van der Waals surface area (Å²) in [4.78, 5) is 2.71. The van der Waals surface area contributed by atoms with Gasteiger partial charge in [-0.15, -0.1) is 0 Å². The Morgan fingerprint density at radius 1 is 1.28 bits per heavy atom. The van der Waals surface area contributed by atoms with E-state index in [1.807, 2.05) is 0 Å². The van der Waals surface area contributed by atoms with Crippen molar-refractivity contribution in [1.29, 1.82) is 0 Å². The SMILES string of the molecule is CCC(C1C(C)CCCC1(C)C)N1CCOCC1. The molecule has 0 aromatic rings. The van der Waals surface area contributed by atoms with E-state index in [2.05, 4.69) is 32.6 Å². The van der Waals surface area contributed by atoms with Gasteiger partial charge in [0, 0.05) is 19.1 Å². The third kappa shape index (κ3) is 2.91. The Balaban J connectivity index is 2.13. The van der Waals surface area contributed by atoms with Gasteiger partial charge in [0.25, 0.3) is 0 Å². The normalized spacial score (nSPS) is 35.3. The van der Waals surface area contributed by atoms with Crippen LogP contribution < -0.4 is 0 Å². The summed E-state index contributed by atoms with van der Waals surface area (Å²) in [6.07, 6.45) is 5.54. The van der Waals surface area contributed by atoms with Gasteiger partial charge in [0.15, 0.2) is 0 Å². The lowest BCUT2D eigenvalue weighted by Gasteiger charge is -2.50. The van der Waals surface area contributed by atoms with Crippen molar-refractivity contribution in [3.8, 4) is 0 Å². The molecule has 0 aromatic heterocycles. The molecule has 1 aliphatic carbocycles. The number of hydrogen-bond donors (Lipinski definition) is 0. The lowest BCUT2D eigenvalue weighted by atomic mass is 9.60. The number of morpholine rings is 1. The second-order valence-corrected chi connectivity index (χ2v) is 7.01. The van der Waals surface area contributed by atoms with E-state index in [9.17, 15) is 0 Å². The predicted octanol–water partition coefficient (Wildman–Crippen LogP) is 3.56. The van der Waals surface area contributed by atoms with Crippen molar-refractivity contribution < 1.29 is 4.74 Å². The van der Waals surface area contributed by atoms with Crippen LogP contribution in [-0.2, 0) is 4.74 Å². The first-order valence-corrected chi connectivity index (χ1v) is 7.88. The van der Waals surface area contributed by atoms with Gasteiger partial charge in [0.2, 0.25) is 0 Å². The first-order chi connectivity index (χ1) is 8.56. The molecule has 0 aromatic carbocycles. The quantitative estimate of drug-likeness (QED) is 0.762. The van der Waals surface area contributed by atoms with E-state index < -0.39 is 0 Å². The molecule has 1 saturated heterocycles. The molecule has 1 aliphatic heterocycles. The molecular weight excluding hydrogens is 222 g/mol. The summed E-state index contributed by atoms with van der Waals surface area (Å²) in [5.41, 5.74) is 0.511. The highest BCUT2D eigenvalue weighted by Crippen LogP contribution is 2.47. The zero-order valence-electron chi connectivity index (χ0n) is 12.7. The van der Waals surface area contributed by atoms with Crippen LogP contribution in [0.25, 0.3) is 0 Å². The summed E-state index contributed by atoms with van der Waals surface area (Å²) >= 11 is 0. The third-order valence-corrected chi connectivity index (χ3v) is 5.34. The van der Waals surface area contributed by atoms with E-state index in [-0.39, 0.29) is 0 Å². The van der Waals surface area contributed by atoms with Crippen LogP contribution in [-0.4, -0.2) is 37.2 Å². The minimum Gasteiger partial charge on any atom is -0.379 e. The monoisotopic (exact) mass is 253 g/mol. The summed E-state index contributed by atoms with van der Waals surface area (Å²) in [5, 5.41) is 0. The van der Waals surface area contributed by atoms with Gasteiger partial charge in [-0.2, -0.15) is 0 Å². The topological polar surface area (TPSA) is 12.5 Å². The van der Waals surface area contributed by atoms with Gasteiger partial charge in [-0.3, -0.25) is 4.90 Å². The minimum atomic E-state index is 0.511. The van der Waals surface area contributed by atoms with Crippen molar-refractivity contribution in [3.05, 3.63) is 0 Å². The molecule has 3 unspecified atom stereocenters. The van der Waals surface area contributed by atoms with Crippen molar-refractivity contribution in [2.45, 2.75) is 59.4 Å². The molecule has 2 rings (SSSR count). The highest BCUT2D eigenvalue weighted by molar-refractivity contribution is 4.94. The Hall–Kier alpha value is -0.0800. The maximum absolute atomic E-state index is 5.52. The maximum Gasteiger partial charge on any atom is 0.0594 e. The molecule has 2 fully saturated rings. The fraction of sp³-hybridized carbons (Fsp3) is 1.00. The van der Waals surface area contributed by atoms with Crippen LogP contribution in [0.5, 0.6) is 0 Å². The molecular formula is C16H31NO. The molecule has 0 spiro atoms. The highest BCUT2D eigenvalue weighted by atomic mass is 16.5. The van der Waals surface area contributed by atoms with Crippen LogP contribution in [0.3, 0.4) is 0 Å². The maximum atomic E-state index is 5.52. The second kappa shape index (κ2) is 5.92. The molecule has 18 heavy (non-hydrogen) atoms. The Morgan fingerprint density at radius 3 is 2.50 bits per heavy atom. The summed E-state index contributed by atoms with van der Waals surface area (Å²) < 4.78 is 5.52. The highest BCUT2D eigenvalue weighted by Gasteiger charge is 2.42. The molecule has 1 heterocycles. The number of ether oxygens (including phenoxy) is 1. The fourth-order valence-corrected chi connectivity index (χ4v) is 4.54. The molecule has 0 bridgehead atoms. The van der Waals surface area contributed by atoms with Crippen LogP contribution in [0, 0.1) is 17.3 Å². The Bertz CT molecular complexity index is 258. The summed E-state index contributed by atoms with van der Waals surface area (Å²) in [6.45, 7) is 14.0. The van der Waals surface area contributed by atoms with E-state index in [4.69, 9.17) is 4.74 Å². The molecule has 0 radical (unpaired) electrons. The van der Waals surface area contributed by atoms with Gasteiger partial charge in [0.05, 0.1) is 13.2 Å². The molecule has 106 valence electrons.